The first kappa shape index (κ1) is 13.5. The van der Waals surface area contributed by atoms with Gasteiger partial charge in [-0.2, -0.15) is 0 Å². The van der Waals surface area contributed by atoms with E-state index in [0.717, 1.165) is 29.2 Å². The zero-order valence-electron chi connectivity index (χ0n) is 13.2. The van der Waals surface area contributed by atoms with Gasteiger partial charge < -0.3 is 4.74 Å². The van der Waals surface area contributed by atoms with Crippen molar-refractivity contribution in [3.05, 3.63) is 41.6 Å². The Hall–Kier alpha value is -1.90. The molecule has 118 valence electrons. The predicted octanol–water partition coefficient (Wildman–Crippen LogP) is 4.20. The average Bonchev–Trinajstić information content (AvgIpc) is 2.89. The third kappa shape index (κ3) is 2.17. The van der Waals surface area contributed by atoms with Gasteiger partial charge >= 0.3 is 5.97 Å². The molecule has 0 atom stereocenters. The van der Waals surface area contributed by atoms with E-state index in [2.05, 4.69) is 4.99 Å². The maximum atomic E-state index is 12.3. The van der Waals surface area contributed by atoms with Gasteiger partial charge in [-0.05, 0) is 67.9 Å². The summed E-state index contributed by atoms with van der Waals surface area (Å²) in [6.45, 7) is 0. The van der Waals surface area contributed by atoms with Crippen molar-refractivity contribution in [3.63, 3.8) is 0 Å². The second-order valence-electron chi connectivity index (χ2n) is 7.94. The molecule has 4 saturated carbocycles. The van der Waals surface area contributed by atoms with Crippen LogP contribution in [0.25, 0.3) is 6.08 Å². The number of benzene rings is 1. The predicted molar refractivity (Wildman–Crippen MR) is 88.6 cm³/mol. The number of nitrogens with zero attached hydrogens (tertiary/aromatic N) is 1. The summed E-state index contributed by atoms with van der Waals surface area (Å²) in [5.41, 5.74) is 1.51. The molecule has 1 heterocycles. The van der Waals surface area contributed by atoms with Crippen molar-refractivity contribution < 1.29 is 9.53 Å². The highest BCUT2D eigenvalue weighted by Crippen LogP contribution is 2.61. The molecule has 3 nitrogen and oxygen atoms in total. The maximum Gasteiger partial charge on any atom is 0.363 e. The third-order valence-electron chi connectivity index (χ3n) is 6.22. The van der Waals surface area contributed by atoms with Crippen LogP contribution in [0.2, 0.25) is 0 Å². The molecule has 1 aromatic carbocycles. The van der Waals surface area contributed by atoms with Crippen LogP contribution in [0.1, 0.15) is 44.1 Å². The van der Waals surface area contributed by atoms with Gasteiger partial charge in [0.15, 0.2) is 5.70 Å². The van der Waals surface area contributed by atoms with E-state index in [-0.39, 0.29) is 11.4 Å². The van der Waals surface area contributed by atoms with E-state index in [1.54, 1.807) is 0 Å². The first-order valence-corrected chi connectivity index (χ1v) is 8.78. The van der Waals surface area contributed by atoms with Gasteiger partial charge in [0.2, 0.25) is 5.90 Å². The first-order chi connectivity index (χ1) is 11.2. The molecule has 0 aromatic heterocycles. The number of aliphatic imine (C=N–C) groups is 1. The lowest BCUT2D eigenvalue weighted by Gasteiger charge is -2.55. The zero-order chi connectivity index (χ0) is 15.4. The quantitative estimate of drug-likeness (QED) is 0.607. The van der Waals surface area contributed by atoms with Crippen LogP contribution in [0, 0.1) is 23.2 Å². The molecule has 6 rings (SSSR count). The van der Waals surface area contributed by atoms with Crippen LogP contribution in [0.5, 0.6) is 0 Å². The molecule has 0 saturated heterocycles. The van der Waals surface area contributed by atoms with Gasteiger partial charge in [-0.25, -0.2) is 9.79 Å². The fourth-order valence-electron chi connectivity index (χ4n) is 5.72. The Morgan fingerprint density at radius 2 is 1.61 bits per heavy atom. The van der Waals surface area contributed by atoms with E-state index in [4.69, 9.17) is 4.74 Å². The lowest BCUT2D eigenvalue weighted by atomic mass is 9.49. The van der Waals surface area contributed by atoms with Gasteiger partial charge in [-0.1, -0.05) is 30.3 Å². The number of carbonyl (C=O) groups excluding carboxylic acids is 1. The van der Waals surface area contributed by atoms with Crippen molar-refractivity contribution in [2.24, 2.45) is 28.2 Å². The highest BCUT2D eigenvalue weighted by molar-refractivity contribution is 6.09. The van der Waals surface area contributed by atoms with Crippen LogP contribution < -0.4 is 0 Å². The summed E-state index contributed by atoms with van der Waals surface area (Å²) in [5, 5.41) is 0. The second-order valence-corrected chi connectivity index (χ2v) is 7.94. The van der Waals surface area contributed by atoms with Crippen LogP contribution in [0.15, 0.2) is 41.0 Å². The summed E-state index contributed by atoms with van der Waals surface area (Å²) in [6.07, 6.45) is 9.50. The van der Waals surface area contributed by atoms with Gasteiger partial charge in [0, 0.05) is 5.41 Å². The monoisotopic (exact) mass is 307 g/mol. The number of hydrogen-bond donors (Lipinski definition) is 0. The molecule has 0 N–H and O–H groups in total. The van der Waals surface area contributed by atoms with Crippen LogP contribution in [-0.4, -0.2) is 11.9 Å². The summed E-state index contributed by atoms with van der Waals surface area (Å²) >= 11 is 0. The van der Waals surface area contributed by atoms with Gasteiger partial charge in [0.25, 0.3) is 0 Å². The average molecular weight is 307 g/mol. The van der Waals surface area contributed by atoms with Crippen molar-refractivity contribution >= 4 is 17.9 Å². The largest absolute Gasteiger partial charge is 0.406 e. The highest BCUT2D eigenvalue weighted by atomic mass is 16.6. The third-order valence-corrected chi connectivity index (χ3v) is 6.22. The maximum absolute atomic E-state index is 12.3. The Balaban J connectivity index is 1.49. The van der Waals surface area contributed by atoms with Gasteiger partial charge in [0.1, 0.15) is 0 Å². The fraction of sp³-hybridized carbons (Fsp3) is 0.500. The molecular weight excluding hydrogens is 286 g/mol. The van der Waals surface area contributed by atoms with Crippen molar-refractivity contribution in [1.82, 2.24) is 0 Å². The van der Waals surface area contributed by atoms with E-state index >= 15 is 0 Å². The first-order valence-electron chi connectivity index (χ1n) is 8.78. The SMILES string of the molecule is O=C1OC(C23CC4CC(CC(C4)C2)C3)=NC1=Cc1ccccc1. The van der Waals surface area contributed by atoms with Crippen LogP contribution >= 0.6 is 0 Å². The minimum atomic E-state index is -0.278. The molecule has 4 bridgehead atoms. The molecule has 0 spiro atoms. The Morgan fingerprint density at radius 3 is 2.22 bits per heavy atom. The number of hydrogen-bond acceptors (Lipinski definition) is 3. The molecule has 0 unspecified atom stereocenters. The summed E-state index contributed by atoms with van der Waals surface area (Å²) in [4.78, 5) is 16.9. The lowest BCUT2D eigenvalue weighted by Crippen LogP contribution is -2.50. The fourth-order valence-corrected chi connectivity index (χ4v) is 5.72. The summed E-state index contributed by atoms with van der Waals surface area (Å²) in [5.74, 6) is 2.92. The topological polar surface area (TPSA) is 38.7 Å². The summed E-state index contributed by atoms with van der Waals surface area (Å²) in [7, 11) is 0. The summed E-state index contributed by atoms with van der Waals surface area (Å²) < 4.78 is 5.67. The molecule has 3 heteroatoms. The number of ether oxygens (including phenoxy) is 1. The second kappa shape index (κ2) is 4.80. The zero-order valence-corrected chi connectivity index (χ0v) is 13.2. The van der Waals surface area contributed by atoms with Crippen molar-refractivity contribution in [3.8, 4) is 0 Å². The molecule has 0 radical (unpaired) electrons. The van der Waals surface area contributed by atoms with Crippen LogP contribution in [-0.2, 0) is 9.53 Å². The summed E-state index contributed by atoms with van der Waals surface area (Å²) in [6, 6.07) is 9.88. The number of carbonyl (C=O) groups is 1. The smallest absolute Gasteiger partial charge is 0.363 e. The van der Waals surface area contributed by atoms with E-state index < -0.39 is 0 Å². The molecule has 1 aliphatic heterocycles. The Kier molecular flexibility index (Phi) is 2.82. The minimum absolute atomic E-state index is 0.0523. The molecule has 23 heavy (non-hydrogen) atoms. The Bertz CT molecular complexity index is 681. The Morgan fingerprint density at radius 1 is 1.00 bits per heavy atom. The van der Waals surface area contributed by atoms with Crippen LogP contribution in [0.3, 0.4) is 0 Å². The van der Waals surface area contributed by atoms with E-state index in [0.29, 0.717) is 5.70 Å². The van der Waals surface area contributed by atoms with Crippen LogP contribution in [0.4, 0.5) is 0 Å². The molecular formula is C20H21NO2. The van der Waals surface area contributed by atoms with Crippen molar-refractivity contribution in [1.29, 1.82) is 0 Å². The highest BCUT2D eigenvalue weighted by Gasteiger charge is 2.55. The lowest BCUT2D eigenvalue weighted by molar-refractivity contribution is -0.131. The molecule has 5 aliphatic rings. The minimum Gasteiger partial charge on any atom is -0.406 e. The van der Waals surface area contributed by atoms with E-state index in [1.165, 1.54) is 38.5 Å². The van der Waals surface area contributed by atoms with Gasteiger partial charge in [-0.15, -0.1) is 0 Å². The van der Waals surface area contributed by atoms with Crippen molar-refractivity contribution in [2.45, 2.75) is 38.5 Å². The Labute approximate surface area is 136 Å². The van der Waals surface area contributed by atoms with Crippen molar-refractivity contribution in [2.75, 3.05) is 0 Å². The number of esters is 1. The number of cyclic esters (lactones) is 1. The standard InChI is InChI=1S/C20H21NO2/c22-18-17(9-13-4-2-1-3-5-13)21-19(23-18)20-10-14-6-15(11-20)8-16(7-14)12-20/h1-5,9,14-16H,6-8,10-12H2. The molecule has 4 aliphatic carbocycles. The molecule has 0 amide bonds. The normalized spacial score (nSPS) is 39.7. The molecule has 1 aromatic rings. The molecule has 4 fully saturated rings. The van der Waals surface area contributed by atoms with E-state index in [9.17, 15) is 4.79 Å². The van der Waals surface area contributed by atoms with E-state index in [1.807, 2.05) is 36.4 Å². The van der Waals surface area contributed by atoms with Gasteiger partial charge in [0.05, 0.1) is 0 Å². The number of rotatable bonds is 2. The van der Waals surface area contributed by atoms with Gasteiger partial charge in [-0.3, -0.25) is 0 Å².